The highest BCUT2D eigenvalue weighted by molar-refractivity contribution is 5.84. The zero-order chi connectivity index (χ0) is 21.1. The van der Waals surface area contributed by atoms with Crippen LogP contribution in [-0.4, -0.2) is 37.3 Å². The minimum Gasteiger partial charge on any atom is -0.398 e. The van der Waals surface area contributed by atoms with E-state index in [0.717, 1.165) is 40.8 Å². The molecule has 0 aliphatic heterocycles. The van der Waals surface area contributed by atoms with Gasteiger partial charge in [-0.05, 0) is 43.9 Å². The van der Waals surface area contributed by atoms with Crippen molar-refractivity contribution in [3.05, 3.63) is 35.7 Å². The van der Waals surface area contributed by atoms with E-state index in [4.69, 9.17) is 10.7 Å². The fraction of sp³-hybridized carbons (Fsp3) is 0.500. The van der Waals surface area contributed by atoms with Crippen molar-refractivity contribution in [2.75, 3.05) is 22.9 Å². The van der Waals surface area contributed by atoms with Crippen LogP contribution in [0.15, 0.2) is 24.5 Å². The SMILES string of the molecule is Cc1ccc(CNc2nc(NCC(C)O)nc3c2ncn3C2CCCCC2)c(N)c1. The molecule has 2 heterocycles. The summed E-state index contributed by atoms with van der Waals surface area (Å²) >= 11 is 0. The smallest absolute Gasteiger partial charge is 0.226 e. The number of aliphatic hydroxyl groups is 1. The van der Waals surface area contributed by atoms with Crippen LogP contribution in [0.25, 0.3) is 11.2 Å². The van der Waals surface area contributed by atoms with Crippen molar-refractivity contribution >= 4 is 28.6 Å². The molecule has 1 saturated carbocycles. The molecule has 160 valence electrons. The summed E-state index contributed by atoms with van der Waals surface area (Å²) in [5.74, 6) is 1.16. The minimum absolute atomic E-state index is 0.382. The van der Waals surface area contributed by atoms with Crippen LogP contribution in [0, 0.1) is 6.92 Å². The van der Waals surface area contributed by atoms with Gasteiger partial charge in [-0.1, -0.05) is 31.4 Å². The van der Waals surface area contributed by atoms with Crippen LogP contribution in [0.5, 0.6) is 0 Å². The molecule has 8 heteroatoms. The monoisotopic (exact) mass is 409 g/mol. The van der Waals surface area contributed by atoms with Gasteiger partial charge in [-0.25, -0.2) is 4.98 Å². The van der Waals surface area contributed by atoms with Crippen LogP contribution >= 0.6 is 0 Å². The van der Waals surface area contributed by atoms with Crippen molar-refractivity contribution < 1.29 is 5.11 Å². The average Bonchev–Trinajstić information content (AvgIpc) is 3.16. The lowest BCUT2D eigenvalue weighted by molar-refractivity contribution is 0.208. The number of aryl methyl sites for hydroxylation is 1. The second-order valence-electron chi connectivity index (χ2n) is 8.30. The van der Waals surface area contributed by atoms with E-state index in [9.17, 15) is 5.11 Å². The highest BCUT2D eigenvalue weighted by atomic mass is 16.3. The molecule has 0 radical (unpaired) electrons. The lowest BCUT2D eigenvalue weighted by Crippen LogP contribution is -2.18. The topological polar surface area (TPSA) is 114 Å². The van der Waals surface area contributed by atoms with Crippen molar-refractivity contribution in [1.82, 2.24) is 19.5 Å². The van der Waals surface area contributed by atoms with Gasteiger partial charge in [0.1, 0.15) is 0 Å². The molecule has 1 aliphatic carbocycles. The molecule has 1 aromatic carbocycles. The number of hydrogen-bond donors (Lipinski definition) is 4. The van der Waals surface area contributed by atoms with Crippen molar-refractivity contribution in [1.29, 1.82) is 0 Å². The number of nitrogen functional groups attached to an aromatic ring is 1. The van der Waals surface area contributed by atoms with E-state index in [1.165, 1.54) is 19.3 Å². The van der Waals surface area contributed by atoms with Gasteiger partial charge in [0, 0.05) is 24.8 Å². The van der Waals surface area contributed by atoms with E-state index in [1.54, 1.807) is 6.92 Å². The molecule has 0 saturated heterocycles. The van der Waals surface area contributed by atoms with Gasteiger partial charge < -0.3 is 26.0 Å². The van der Waals surface area contributed by atoms with Crippen LogP contribution in [0.2, 0.25) is 0 Å². The molecule has 8 nitrogen and oxygen atoms in total. The van der Waals surface area contributed by atoms with Gasteiger partial charge in [0.05, 0.1) is 12.4 Å². The van der Waals surface area contributed by atoms with Gasteiger partial charge in [0.25, 0.3) is 0 Å². The number of aromatic nitrogens is 4. The lowest BCUT2D eigenvalue weighted by atomic mass is 9.95. The fourth-order valence-electron chi connectivity index (χ4n) is 4.04. The zero-order valence-electron chi connectivity index (χ0n) is 17.7. The number of aliphatic hydroxyl groups excluding tert-OH is 1. The average molecular weight is 410 g/mol. The maximum atomic E-state index is 9.65. The first-order chi connectivity index (χ1) is 14.5. The Morgan fingerprint density at radius 1 is 1.20 bits per heavy atom. The number of nitrogens with two attached hydrogens (primary N) is 1. The Morgan fingerprint density at radius 3 is 2.73 bits per heavy atom. The normalized spacial score (nSPS) is 16.0. The summed E-state index contributed by atoms with van der Waals surface area (Å²) in [7, 11) is 0. The van der Waals surface area contributed by atoms with Crippen LogP contribution in [0.3, 0.4) is 0 Å². The predicted molar refractivity (Wildman–Crippen MR) is 121 cm³/mol. The van der Waals surface area contributed by atoms with Crippen LogP contribution < -0.4 is 16.4 Å². The van der Waals surface area contributed by atoms with E-state index < -0.39 is 6.10 Å². The van der Waals surface area contributed by atoms with Crippen LogP contribution in [-0.2, 0) is 6.54 Å². The number of anilines is 3. The van der Waals surface area contributed by atoms with Gasteiger partial charge in [0.2, 0.25) is 5.95 Å². The van der Waals surface area contributed by atoms with E-state index in [0.29, 0.717) is 30.9 Å². The molecule has 1 atom stereocenters. The van der Waals surface area contributed by atoms with E-state index in [2.05, 4.69) is 31.2 Å². The number of nitrogens with zero attached hydrogens (tertiary/aromatic N) is 4. The van der Waals surface area contributed by atoms with Crippen LogP contribution in [0.4, 0.5) is 17.5 Å². The molecular formula is C22H31N7O. The Hall–Kier alpha value is -2.87. The number of hydrogen-bond acceptors (Lipinski definition) is 7. The number of nitrogens with one attached hydrogen (secondary N) is 2. The number of imidazole rings is 1. The Morgan fingerprint density at radius 2 is 2.00 bits per heavy atom. The Balaban J connectivity index is 1.66. The van der Waals surface area contributed by atoms with Crippen LogP contribution in [0.1, 0.15) is 56.2 Å². The standard InChI is InChI=1S/C22H31N7O/c1-14-8-9-16(18(23)10-14)12-24-20-19-21(28-22(27-20)25-11-15(2)30)29(13-26-19)17-6-4-3-5-7-17/h8-10,13,15,17,30H,3-7,11-12,23H2,1-2H3,(H2,24,25,27,28). The van der Waals surface area contributed by atoms with Gasteiger partial charge in [-0.15, -0.1) is 0 Å². The van der Waals surface area contributed by atoms with Gasteiger partial charge >= 0.3 is 0 Å². The van der Waals surface area contributed by atoms with Crippen molar-refractivity contribution in [3.8, 4) is 0 Å². The zero-order valence-corrected chi connectivity index (χ0v) is 17.7. The largest absolute Gasteiger partial charge is 0.398 e. The summed E-state index contributed by atoms with van der Waals surface area (Å²) in [6, 6.07) is 6.48. The van der Waals surface area contributed by atoms with E-state index in [-0.39, 0.29) is 0 Å². The number of benzene rings is 1. The Bertz CT molecular complexity index is 1010. The summed E-state index contributed by atoms with van der Waals surface area (Å²) in [6.07, 6.45) is 7.46. The first-order valence-corrected chi connectivity index (χ1v) is 10.8. The predicted octanol–water partition coefficient (Wildman–Crippen LogP) is 3.63. The molecule has 30 heavy (non-hydrogen) atoms. The van der Waals surface area contributed by atoms with Gasteiger partial charge in [0.15, 0.2) is 17.0 Å². The highest BCUT2D eigenvalue weighted by Gasteiger charge is 2.21. The molecular weight excluding hydrogens is 378 g/mol. The first kappa shape index (κ1) is 20.4. The van der Waals surface area contributed by atoms with Crippen molar-refractivity contribution in [2.45, 2.75) is 64.6 Å². The first-order valence-electron chi connectivity index (χ1n) is 10.8. The lowest BCUT2D eigenvalue weighted by Gasteiger charge is -2.23. The molecule has 1 aliphatic rings. The third kappa shape index (κ3) is 4.48. The van der Waals surface area contributed by atoms with E-state index in [1.807, 2.05) is 25.4 Å². The quantitative estimate of drug-likeness (QED) is 0.441. The summed E-state index contributed by atoms with van der Waals surface area (Å²) in [5.41, 5.74) is 10.7. The molecule has 3 aromatic rings. The molecule has 0 spiro atoms. The Labute approximate surface area is 176 Å². The summed E-state index contributed by atoms with van der Waals surface area (Å²) in [5, 5.41) is 16.2. The van der Waals surface area contributed by atoms with E-state index >= 15 is 0 Å². The van der Waals surface area contributed by atoms with Crippen molar-refractivity contribution in [2.24, 2.45) is 0 Å². The second-order valence-corrected chi connectivity index (χ2v) is 8.30. The summed E-state index contributed by atoms with van der Waals surface area (Å²) in [6.45, 7) is 4.69. The maximum absolute atomic E-state index is 9.65. The second kappa shape index (κ2) is 8.87. The number of fused-ring (bicyclic) bond motifs is 1. The van der Waals surface area contributed by atoms with Gasteiger partial charge in [-0.2, -0.15) is 9.97 Å². The molecule has 2 aromatic heterocycles. The molecule has 0 bridgehead atoms. The third-order valence-electron chi connectivity index (χ3n) is 5.69. The molecule has 5 N–H and O–H groups in total. The molecule has 1 unspecified atom stereocenters. The third-order valence-corrected chi connectivity index (χ3v) is 5.69. The highest BCUT2D eigenvalue weighted by Crippen LogP contribution is 2.32. The summed E-state index contributed by atoms with van der Waals surface area (Å²) in [4.78, 5) is 14.0. The number of rotatable bonds is 7. The minimum atomic E-state index is -0.490. The molecule has 1 fully saturated rings. The molecule has 0 amide bonds. The van der Waals surface area contributed by atoms with Crippen molar-refractivity contribution in [3.63, 3.8) is 0 Å². The van der Waals surface area contributed by atoms with Gasteiger partial charge in [-0.3, -0.25) is 0 Å². The molecule has 4 rings (SSSR count). The summed E-state index contributed by atoms with van der Waals surface area (Å²) < 4.78 is 2.19. The maximum Gasteiger partial charge on any atom is 0.226 e. The Kier molecular flexibility index (Phi) is 6.03. The fourth-order valence-corrected chi connectivity index (χ4v) is 4.04.